The van der Waals surface area contributed by atoms with Gasteiger partial charge in [0.15, 0.2) is 0 Å². The molecule has 0 radical (unpaired) electrons. The first kappa shape index (κ1) is 15.4. The minimum atomic E-state index is -0.395. The van der Waals surface area contributed by atoms with Crippen molar-refractivity contribution in [1.29, 1.82) is 0 Å². The van der Waals surface area contributed by atoms with Gasteiger partial charge in [0.1, 0.15) is 0 Å². The van der Waals surface area contributed by atoms with Crippen molar-refractivity contribution >= 4 is 5.91 Å². The van der Waals surface area contributed by atoms with Crippen LogP contribution >= 0.6 is 0 Å². The van der Waals surface area contributed by atoms with Crippen molar-refractivity contribution in [3.63, 3.8) is 0 Å². The Bertz CT molecular complexity index is 195. The fraction of sp³-hybridized carbons (Fsp3) is 0.917. The highest BCUT2D eigenvalue weighted by Crippen LogP contribution is 2.03. The third-order valence-corrected chi connectivity index (χ3v) is 2.57. The van der Waals surface area contributed by atoms with Crippen LogP contribution in [-0.4, -0.2) is 31.2 Å². The second kappa shape index (κ2) is 8.53. The zero-order chi connectivity index (χ0) is 12.6. The molecule has 0 spiro atoms. The van der Waals surface area contributed by atoms with Crippen molar-refractivity contribution < 1.29 is 9.53 Å². The number of nitrogens with one attached hydrogen (secondary N) is 1. The monoisotopic (exact) mass is 230 g/mol. The van der Waals surface area contributed by atoms with E-state index in [0.717, 1.165) is 12.8 Å². The van der Waals surface area contributed by atoms with Crippen LogP contribution in [0.1, 0.15) is 40.5 Å². The van der Waals surface area contributed by atoms with Crippen molar-refractivity contribution in [1.82, 2.24) is 5.32 Å². The van der Waals surface area contributed by atoms with E-state index in [1.165, 1.54) is 0 Å². The summed E-state index contributed by atoms with van der Waals surface area (Å²) in [6.45, 7) is 9.32. The number of amides is 1. The molecule has 0 heterocycles. The smallest absolute Gasteiger partial charge is 0.237 e. The summed E-state index contributed by atoms with van der Waals surface area (Å²) in [5.41, 5.74) is 5.75. The fourth-order valence-electron chi connectivity index (χ4n) is 1.38. The molecule has 96 valence electrons. The molecule has 4 nitrogen and oxygen atoms in total. The predicted molar refractivity (Wildman–Crippen MR) is 66.1 cm³/mol. The Hall–Kier alpha value is -0.610. The van der Waals surface area contributed by atoms with E-state index in [-0.39, 0.29) is 11.9 Å². The van der Waals surface area contributed by atoms with Crippen LogP contribution in [0.3, 0.4) is 0 Å². The van der Waals surface area contributed by atoms with E-state index in [1.807, 2.05) is 13.8 Å². The van der Waals surface area contributed by atoms with Gasteiger partial charge in [-0.3, -0.25) is 4.79 Å². The summed E-state index contributed by atoms with van der Waals surface area (Å²) in [4.78, 5) is 11.7. The predicted octanol–water partition coefficient (Wildman–Crippen LogP) is 1.29. The van der Waals surface area contributed by atoms with Gasteiger partial charge in [0.05, 0.1) is 18.7 Å². The SMILES string of the molecule is CCCC(N)C(=O)NC(COCC)C(C)C. The molecule has 16 heavy (non-hydrogen) atoms. The summed E-state index contributed by atoms with van der Waals surface area (Å²) >= 11 is 0. The Kier molecular flexibility index (Phi) is 8.21. The summed E-state index contributed by atoms with van der Waals surface area (Å²) in [6, 6.07) is -0.344. The number of rotatable bonds is 8. The van der Waals surface area contributed by atoms with E-state index in [1.54, 1.807) is 0 Å². The minimum Gasteiger partial charge on any atom is -0.380 e. The molecular formula is C12H26N2O2. The molecule has 0 aromatic carbocycles. The summed E-state index contributed by atoms with van der Waals surface area (Å²) in [5.74, 6) is 0.282. The maximum Gasteiger partial charge on any atom is 0.237 e. The lowest BCUT2D eigenvalue weighted by Gasteiger charge is -2.23. The van der Waals surface area contributed by atoms with E-state index in [4.69, 9.17) is 10.5 Å². The molecule has 0 aliphatic carbocycles. The zero-order valence-corrected chi connectivity index (χ0v) is 11.0. The van der Waals surface area contributed by atoms with Gasteiger partial charge in [-0.15, -0.1) is 0 Å². The first-order chi connectivity index (χ1) is 7.52. The molecule has 0 fully saturated rings. The van der Waals surface area contributed by atoms with Crippen LogP contribution in [0, 0.1) is 5.92 Å². The van der Waals surface area contributed by atoms with Crippen molar-refractivity contribution in [2.75, 3.05) is 13.2 Å². The van der Waals surface area contributed by atoms with Crippen LogP contribution in [0.2, 0.25) is 0 Å². The standard InChI is InChI=1S/C12H26N2O2/c1-5-7-10(13)12(15)14-11(9(3)4)8-16-6-2/h9-11H,5-8,13H2,1-4H3,(H,14,15). The van der Waals surface area contributed by atoms with Gasteiger partial charge in [-0.1, -0.05) is 27.2 Å². The maximum absolute atomic E-state index is 11.7. The second-order valence-corrected chi connectivity index (χ2v) is 4.41. The average Bonchev–Trinajstić information content (AvgIpc) is 2.23. The Labute approximate surface area is 98.9 Å². The van der Waals surface area contributed by atoms with Gasteiger partial charge in [-0.2, -0.15) is 0 Å². The number of ether oxygens (including phenoxy) is 1. The average molecular weight is 230 g/mol. The molecule has 4 heteroatoms. The lowest BCUT2D eigenvalue weighted by Crippen LogP contribution is -2.49. The molecule has 0 saturated carbocycles. The minimum absolute atomic E-state index is 0.0513. The third-order valence-electron chi connectivity index (χ3n) is 2.57. The van der Waals surface area contributed by atoms with Crippen LogP contribution in [0.15, 0.2) is 0 Å². The molecule has 0 aliphatic rings. The molecule has 0 saturated heterocycles. The van der Waals surface area contributed by atoms with Gasteiger partial charge < -0.3 is 15.8 Å². The largest absolute Gasteiger partial charge is 0.380 e. The molecule has 3 N–H and O–H groups in total. The zero-order valence-electron chi connectivity index (χ0n) is 11.0. The van der Waals surface area contributed by atoms with Gasteiger partial charge in [-0.25, -0.2) is 0 Å². The van der Waals surface area contributed by atoms with E-state index >= 15 is 0 Å². The highest BCUT2D eigenvalue weighted by Gasteiger charge is 2.19. The highest BCUT2D eigenvalue weighted by molar-refractivity contribution is 5.81. The van der Waals surface area contributed by atoms with Crippen molar-refractivity contribution in [2.45, 2.75) is 52.6 Å². The molecule has 1 amide bonds. The van der Waals surface area contributed by atoms with Gasteiger partial charge in [0.2, 0.25) is 5.91 Å². The Morgan fingerprint density at radius 3 is 2.44 bits per heavy atom. The molecule has 2 atom stereocenters. The maximum atomic E-state index is 11.7. The molecule has 0 aromatic rings. The van der Waals surface area contributed by atoms with Crippen molar-refractivity contribution in [2.24, 2.45) is 11.7 Å². The van der Waals surface area contributed by atoms with Crippen LogP contribution in [0.5, 0.6) is 0 Å². The van der Waals surface area contributed by atoms with Gasteiger partial charge in [0.25, 0.3) is 0 Å². The van der Waals surface area contributed by atoms with Crippen LogP contribution in [0.4, 0.5) is 0 Å². The number of carbonyl (C=O) groups excluding carboxylic acids is 1. The van der Waals surface area contributed by atoms with Crippen molar-refractivity contribution in [3.05, 3.63) is 0 Å². The lowest BCUT2D eigenvalue weighted by molar-refractivity contribution is -0.124. The van der Waals surface area contributed by atoms with Crippen LogP contribution in [-0.2, 0) is 9.53 Å². The Balaban J connectivity index is 4.11. The molecule has 0 aromatic heterocycles. The molecule has 0 rings (SSSR count). The molecule has 0 bridgehead atoms. The summed E-state index contributed by atoms with van der Waals surface area (Å²) < 4.78 is 5.34. The number of hydrogen-bond acceptors (Lipinski definition) is 3. The number of hydrogen-bond donors (Lipinski definition) is 2. The first-order valence-corrected chi connectivity index (χ1v) is 6.16. The van der Waals surface area contributed by atoms with Gasteiger partial charge in [-0.05, 0) is 19.3 Å². The second-order valence-electron chi connectivity index (χ2n) is 4.41. The Morgan fingerprint density at radius 1 is 1.38 bits per heavy atom. The number of nitrogens with two attached hydrogens (primary N) is 1. The normalized spacial score (nSPS) is 14.9. The fourth-order valence-corrected chi connectivity index (χ4v) is 1.38. The lowest BCUT2D eigenvalue weighted by atomic mass is 10.0. The quantitative estimate of drug-likeness (QED) is 0.660. The molecule has 0 aliphatic heterocycles. The summed E-state index contributed by atoms with van der Waals surface area (Å²) in [7, 11) is 0. The van der Waals surface area contributed by atoms with Crippen LogP contribution < -0.4 is 11.1 Å². The van der Waals surface area contributed by atoms with E-state index < -0.39 is 6.04 Å². The first-order valence-electron chi connectivity index (χ1n) is 6.16. The van der Waals surface area contributed by atoms with Crippen molar-refractivity contribution in [3.8, 4) is 0 Å². The van der Waals surface area contributed by atoms with Gasteiger partial charge >= 0.3 is 0 Å². The van der Waals surface area contributed by atoms with Gasteiger partial charge in [0, 0.05) is 6.61 Å². The van der Waals surface area contributed by atoms with E-state index in [0.29, 0.717) is 19.1 Å². The summed E-state index contributed by atoms with van der Waals surface area (Å²) in [6.07, 6.45) is 1.65. The highest BCUT2D eigenvalue weighted by atomic mass is 16.5. The molecule has 2 unspecified atom stereocenters. The third kappa shape index (κ3) is 6.08. The molecular weight excluding hydrogens is 204 g/mol. The van der Waals surface area contributed by atoms with Crippen LogP contribution in [0.25, 0.3) is 0 Å². The Morgan fingerprint density at radius 2 is 2.00 bits per heavy atom. The summed E-state index contributed by atoms with van der Waals surface area (Å²) in [5, 5.41) is 2.95. The van der Waals surface area contributed by atoms with E-state index in [9.17, 15) is 4.79 Å². The van der Waals surface area contributed by atoms with E-state index in [2.05, 4.69) is 19.2 Å². The number of carbonyl (C=O) groups is 1. The topological polar surface area (TPSA) is 64.4 Å².